The van der Waals surface area contributed by atoms with Gasteiger partial charge in [0.05, 0.1) is 24.4 Å². The molecule has 1 aliphatic heterocycles. The topological polar surface area (TPSA) is 110 Å². The molecule has 1 unspecified atom stereocenters. The number of methoxy groups -OCH3 is 1. The van der Waals surface area contributed by atoms with E-state index in [-0.39, 0.29) is 29.5 Å². The number of hydrogen-bond acceptors (Lipinski definition) is 6. The summed E-state index contributed by atoms with van der Waals surface area (Å²) in [5, 5.41) is 3.45. The smallest absolute Gasteiger partial charge is 0.252 e. The van der Waals surface area contributed by atoms with Crippen molar-refractivity contribution in [2.45, 2.75) is 45.7 Å². The Bertz CT molecular complexity index is 1000. The van der Waals surface area contributed by atoms with E-state index < -0.39 is 5.91 Å². The minimum atomic E-state index is -0.577. The van der Waals surface area contributed by atoms with E-state index in [4.69, 9.17) is 10.5 Å². The zero-order valence-electron chi connectivity index (χ0n) is 17.7. The lowest BCUT2D eigenvalue weighted by Crippen LogP contribution is -2.51. The fourth-order valence-corrected chi connectivity index (χ4v) is 4.61. The van der Waals surface area contributed by atoms with Crippen LogP contribution in [0, 0.1) is 18.8 Å². The van der Waals surface area contributed by atoms with Crippen LogP contribution < -0.4 is 20.7 Å². The first-order valence-corrected chi connectivity index (χ1v) is 10.2. The number of nitrogens with one attached hydrogen (secondary N) is 1. The lowest BCUT2D eigenvalue weighted by molar-refractivity contribution is -0.117. The number of carbonyl (C=O) groups is 2. The van der Waals surface area contributed by atoms with E-state index in [9.17, 15) is 9.59 Å². The molecule has 158 valence electrons. The average molecular weight is 409 g/mol. The Balaban J connectivity index is 1.89. The van der Waals surface area contributed by atoms with E-state index in [1.54, 1.807) is 25.3 Å². The predicted molar refractivity (Wildman–Crippen MR) is 113 cm³/mol. The fourth-order valence-electron chi connectivity index (χ4n) is 4.61. The van der Waals surface area contributed by atoms with Crippen molar-refractivity contribution in [1.82, 2.24) is 9.97 Å². The molecule has 2 amide bonds. The van der Waals surface area contributed by atoms with Gasteiger partial charge in [0.2, 0.25) is 11.9 Å². The van der Waals surface area contributed by atoms with Gasteiger partial charge in [-0.25, -0.2) is 9.97 Å². The van der Waals surface area contributed by atoms with Crippen LogP contribution >= 0.6 is 0 Å². The summed E-state index contributed by atoms with van der Waals surface area (Å²) in [6, 6.07) is 5.18. The molecule has 0 bridgehead atoms. The maximum Gasteiger partial charge on any atom is 0.252 e. The highest BCUT2D eigenvalue weighted by Crippen LogP contribution is 2.51. The Kier molecular flexibility index (Phi) is 5.09. The predicted octanol–water partition coefficient (Wildman–Crippen LogP) is 2.83. The molecule has 8 heteroatoms. The molecular weight excluding hydrogens is 382 g/mol. The van der Waals surface area contributed by atoms with Crippen molar-refractivity contribution >= 4 is 23.5 Å². The Morgan fingerprint density at radius 2 is 2.03 bits per heavy atom. The first-order chi connectivity index (χ1) is 14.3. The zero-order chi connectivity index (χ0) is 21.6. The van der Waals surface area contributed by atoms with Crippen molar-refractivity contribution in [2.24, 2.45) is 17.6 Å². The molecule has 30 heavy (non-hydrogen) atoms. The quantitative estimate of drug-likeness (QED) is 0.786. The standard InChI is InChI=1S/C22H27N5O3/c1-11-7-8-24-22(25-11)26-19-12(2)20(14-5-6-14)27(13(3)28)17-10-18(30-4)16(21(23)29)9-15(17)19/h7-10,12,14,19-20H,5-6H2,1-4H3,(H2,23,29)(H,24,25,26)/t12-,19-,20?/m1/s1. The summed E-state index contributed by atoms with van der Waals surface area (Å²) >= 11 is 0. The molecule has 0 spiro atoms. The maximum atomic E-state index is 12.7. The van der Waals surface area contributed by atoms with E-state index in [1.807, 2.05) is 17.9 Å². The summed E-state index contributed by atoms with van der Waals surface area (Å²) < 4.78 is 5.42. The molecule has 2 heterocycles. The average Bonchev–Trinajstić information content (AvgIpc) is 3.53. The van der Waals surface area contributed by atoms with Gasteiger partial charge in [-0.15, -0.1) is 0 Å². The molecule has 3 N–H and O–H groups in total. The monoisotopic (exact) mass is 409 g/mol. The molecular formula is C22H27N5O3. The minimum absolute atomic E-state index is 0.0286. The Hall–Kier alpha value is -3.16. The van der Waals surface area contributed by atoms with Crippen LogP contribution in [0.25, 0.3) is 0 Å². The van der Waals surface area contributed by atoms with Crippen LogP contribution in [0.2, 0.25) is 0 Å². The molecule has 1 aliphatic carbocycles. The Morgan fingerprint density at radius 1 is 1.30 bits per heavy atom. The molecule has 0 saturated heterocycles. The summed E-state index contributed by atoms with van der Waals surface area (Å²) in [4.78, 5) is 35.5. The third kappa shape index (κ3) is 3.46. The first kappa shape index (κ1) is 20.1. The lowest BCUT2D eigenvalue weighted by Gasteiger charge is -2.46. The van der Waals surface area contributed by atoms with Gasteiger partial charge in [-0.3, -0.25) is 9.59 Å². The third-order valence-corrected chi connectivity index (χ3v) is 6.10. The molecule has 3 atom stereocenters. The van der Waals surface area contributed by atoms with Crippen LogP contribution in [-0.2, 0) is 4.79 Å². The van der Waals surface area contributed by atoms with E-state index in [0.717, 1.165) is 29.8 Å². The number of fused-ring (bicyclic) bond motifs is 1. The molecule has 1 aromatic carbocycles. The van der Waals surface area contributed by atoms with Gasteiger partial charge in [0.25, 0.3) is 5.91 Å². The van der Waals surface area contributed by atoms with E-state index >= 15 is 0 Å². The summed E-state index contributed by atoms with van der Waals surface area (Å²) in [5.74, 6) is 0.793. The largest absolute Gasteiger partial charge is 0.496 e. The number of rotatable bonds is 5. The Labute approximate surface area is 175 Å². The SMILES string of the molecule is COc1cc2c(cc1C(N)=O)[C@H](Nc1nccc(C)n1)[C@@H](C)C(C1CC1)N2C(C)=O. The van der Waals surface area contributed by atoms with E-state index in [0.29, 0.717) is 17.6 Å². The maximum absolute atomic E-state index is 12.7. The van der Waals surface area contributed by atoms with Crippen LogP contribution in [0.3, 0.4) is 0 Å². The number of benzene rings is 1. The van der Waals surface area contributed by atoms with Gasteiger partial charge < -0.3 is 20.7 Å². The van der Waals surface area contributed by atoms with Crippen LogP contribution in [0.5, 0.6) is 5.75 Å². The number of hydrogen-bond donors (Lipinski definition) is 2. The highest BCUT2D eigenvalue weighted by molar-refractivity contribution is 5.99. The highest BCUT2D eigenvalue weighted by atomic mass is 16.5. The van der Waals surface area contributed by atoms with Gasteiger partial charge in [0.1, 0.15) is 5.75 Å². The van der Waals surface area contributed by atoms with Gasteiger partial charge in [-0.05, 0) is 43.4 Å². The number of primary amides is 1. The van der Waals surface area contributed by atoms with Gasteiger partial charge in [0.15, 0.2) is 0 Å². The minimum Gasteiger partial charge on any atom is -0.496 e. The Morgan fingerprint density at radius 3 is 2.60 bits per heavy atom. The fraction of sp³-hybridized carbons (Fsp3) is 0.455. The summed E-state index contributed by atoms with van der Waals surface area (Å²) in [6.45, 7) is 5.62. The number of aromatic nitrogens is 2. The number of aryl methyl sites for hydroxylation is 1. The second-order valence-electron chi connectivity index (χ2n) is 8.20. The number of nitrogens with two attached hydrogens (primary N) is 1. The van der Waals surface area contributed by atoms with Gasteiger partial charge >= 0.3 is 0 Å². The van der Waals surface area contributed by atoms with Crippen LogP contribution in [0.1, 0.15) is 54.3 Å². The van der Waals surface area contributed by atoms with Crippen molar-refractivity contribution < 1.29 is 14.3 Å². The van der Waals surface area contributed by atoms with Crippen molar-refractivity contribution in [3.05, 3.63) is 41.2 Å². The van der Waals surface area contributed by atoms with Crippen LogP contribution in [0.4, 0.5) is 11.6 Å². The van der Waals surface area contributed by atoms with Crippen molar-refractivity contribution in [3.8, 4) is 5.75 Å². The van der Waals surface area contributed by atoms with Gasteiger partial charge in [-0.1, -0.05) is 6.92 Å². The molecule has 1 saturated carbocycles. The van der Waals surface area contributed by atoms with Crippen molar-refractivity contribution in [2.75, 3.05) is 17.3 Å². The van der Waals surface area contributed by atoms with E-state index in [2.05, 4.69) is 22.2 Å². The first-order valence-electron chi connectivity index (χ1n) is 10.2. The van der Waals surface area contributed by atoms with Crippen molar-refractivity contribution in [1.29, 1.82) is 0 Å². The molecule has 1 aromatic heterocycles. The molecule has 2 aromatic rings. The summed E-state index contributed by atoms with van der Waals surface area (Å²) in [6.07, 6.45) is 3.90. The lowest BCUT2D eigenvalue weighted by atomic mass is 9.79. The van der Waals surface area contributed by atoms with Gasteiger partial charge in [0, 0.05) is 36.8 Å². The third-order valence-electron chi connectivity index (χ3n) is 6.10. The van der Waals surface area contributed by atoms with Crippen LogP contribution in [-0.4, -0.2) is 34.9 Å². The van der Waals surface area contributed by atoms with E-state index in [1.165, 1.54) is 7.11 Å². The normalized spacial score (nSPS) is 22.9. The number of nitrogens with zero attached hydrogens (tertiary/aromatic N) is 3. The molecule has 1 fully saturated rings. The second kappa shape index (κ2) is 7.59. The van der Waals surface area contributed by atoms with Crippen molar-refractivity contribution in [3.63, 3.8) is 0 Å². The molecule has 2 aliphatic rings. The molecule has 8 nitrogen and oxygen atoms in total. The molecule has 4 rings (SSSR count). The zero-order valence-corrected chi connectivity index (χ0v) is 17.7. The number of ether oxygens (including phenoxy) is 1. The number of amides is 2. The number of carbonyl (C=O) groups excluding carboxylic acids is 2. The van der Waals surface area contributed by atoms with Gasteiger partial charge in [-0.2, -0.15) is 0 Å². The van der Waals surface area contributed by atoms with Crippen LogP contribution in [0.15, 0.2) is 24.4 Å². The summed E-state index contributed by atoms with van der Waals surface area (Å²) in [5.41, 5.74) is 8.31. The summed E-state index contributed by atoms with van der Waals surface area (Å²) in [7, 11) is 1.49. The second-order valence-corrected chi connectivity index (χ2v) is 8.20. The number of anilines is 2. The highest BCUT2D eigenvalue weighted by Gasteiger charge is 2.48. The molecule has 0 radical (unpaired) electrons.